The molecule has 0 heterocycles. The number of Topliss-reactive ketones (excluding diaryl/α,β-unsaturated/α-hetero) is 1. The molecule has 0 aliphatic rings. The summed E-state index contributed by atoms with van der Waals surface area (Å²) in [4.78, 5) is 12.0. The number of aryl methyl sites for hydroxylation is 2. The zero-order chi connectivity index (χ0) is 13.0. The fraction of sp³-hybridized carbons (Fsp3) is 0.235. The average Bonchev–Trinajstić information content (AvgIpc) is 2.35. The van der Waals surface area contributed by atoms with Crippen molar-refractivity contribution in [3.63, 3.8) is 0 Å². The van der Waals surface area contributed by atoms with Crippen LogP contribution in [0.2, 0.25) is 0 Å². The van der Waals surface area contributed by atoms with E-state index < -0.39 is 0 Å². The summed E-state index contributed by atoms with van der Waals surface area (Å²) in [5, 5.41) is 0. The highest BCUT2D eigenvalue weighted by molar-refractivity contribution is 5.83. The van der Waals surface area contributed by atoms with Gasteiger partial charge >= 0.3 is 0 Å². The molecule has 0 bridgehead atoms. The van der Waals surface area contributed by atoms with Crippen molar-refractivity contribution in [2.24, 2.45) is 0 Å². The Hall–Kier alpha value is -1.89. The second kappa shape index (κ2) is 5.63. The minimum absolute atomic E-state index is 0.273. The van der Waals surface area contributed by atoms with Crippen molar-refractivity contribution in [1.82, 2.24) is 0 Å². The van der Waals surface area contributed by atoms with E-state index >= 15 is 0 Å². The molecule has 0 aromatic heterocycles. The molecule has 0 radical (unpaired) electrons. The molecule has 0 spiro atoms. The van der Waals surface area contributed by atoms with Gasteiger partial charge in [0.15, 0.2) is 0 Å². The van der Waals surface area contributed by atoms with Gasteiger partial charge in [-0.1, -0.05) is 54.1 Å². The maximum atomic E-state index is 12.0. The lowest BCUT2D eigenvalue weighted by Gasteiger charge is -2.06. The molecule has 0 saturated carbocycles. The molecule has 92 valence electrons. The van der Waals surface area contributed by atoms with Crippen molar-refractivity contribution in [1.29, 1.82) is 0 Å². The number of ketones is 1. The third-order valence-corrected chi connectivity index (χ3v) is 3.14. The standard InChI is InChI=1S/C17H18O/c1-13-8-9-14(2)16(10-13)12-17(18)11-15-6-4-3-5-7-15/h3-10H,11-12H2,1-2H3. The predicted molar refractivity (Wildman–Crippen MR) is 74.8 cm³/mol. The number of benzene rings is 2. The molecule has 18 heavy (non-hydrogen) atoms. The zero-order valence-corrected chi connectivity index (χ0v) is 10.9. The molecule has 2 aromatic rings. The Labute approximate surface area is 108 Å². The van der Waals surface area contributed by atoms with Gasteiger partial charge in [-0.05, 0) is 30.5 Å². The third kappa shape index (κ3) is 3.30. The fourth-order valence-electron chi connectivity index (χ4n) is 2.09. The molecule has 1 heteroatoms. The molecule has 2 rings (SSSR count). The second-order valence-electron chi connectivity index (χ2n) is 4.81. The number of carbonyl (C=O) groups excluding carboxylic acids is 1. The van der Waals surface area contributed by atoms with Crippen LogP contribution in [-0.2, 0) is 17.6 Å². The topological polar surface area (TPSA) is 17.1 Å². The van der Waals surface area contributed by atoms with Crippen LogP contribution in [0.25, 0.3) is 0 Å². The van der Waals surface area contributed by atoms with Crippen molar-refractivity contribution in [3.05, 3.63) is 70.8 Å². The Bertz CT molecular complexity index is 541. The van der Waals surface area contributed by atoms with Crippen LogP contribution in [0.1, 0.15) is 22.3 Å². The van der Waals surface area contributed by atoms with Gasteiger partial charge in [0.1, 0.15) is 5.78 Å². The summed E-state index contributed by atoms with van der Waals surface area (Å²) in [5.41, 5.74) is 4.65. The molecule has 0 aliphatic heterocycles. The molecule has 0 unspecified atom stereocenters. The van der Waals surface area contributed by atoms with Crippen LogP contribution in [0.5, 0.6) is 0 Å². The van der Waals surface area contributed by atoms with Crippen LogP contribution in [0.3, 0.4) is 0 Å². The van der Waals surface area contributed by atoms with Crippen LogP contribution in [-0.4, -0.2) is 5.78 Å². The van der Waals surface area contributed by atoms with Crippen molar-refractivity contribution >= 4 is 5.78 Å². The predicted octanol–water partition coefficient (Wildman–Crippen LogP) is 3.66. The Balaban J connectivity index is 2.05. The van der Waals surface area contributed by atoms with Crippen molar-refractivity contribution in [3.8, 4) is 0 Å². The Kier molecular flexibility index (Phi) is 3.93. The van der Waals surface area contributed by atoms with Crippen LogP contribution < -0.4 is 0 Å². The number of hydrogen-bond donors (Lipinski definition) is 0. The molecule has 0 atom stereocenters. The van der Waals surface area contributed by atoms with E-state index in [1.807, 2.05) is 30.3 Å². The lowest BCUT2D eigenvalue weighted by atomic mass is 9.98. The first-order valence-electron chi connectivity index (χ1n) is 6.27. The number of hydrogen-bond acceptors (Lipinski definition) is 1. The summed E-state index contributed by atoms with van der Waals surface area (Å²) in [6.45, 7) is 4.12. The molecular formula is C17H18O. The highest BCUT2D eigenvalue weighted by Crippen LogP contribution is 2.13. The Morgan fingerprint density at radius 3 is 2.39 bits per heavy atom. The van der Waals surface area contributed by atoms with Crippen molar-refractivity contribution in [2.75, 3.05) is 0 Å². The first-order valence-corrected chi connectivity index (χ1v) is 6.27. The van der Waals surface area contributed by atoms with E-state index in [-0.39, 0.29) is 5.78 Å². The lowest BCUT2D eigenvalue weighted by Crippen LogP contribution is -2.07. The van der Waals surface area contributed by atoms with E-state index in [4.69, 9.17) is 0 Å². The Morgan fingerprint density at radius 2 is 1.67 bits per heavy atom. The van der Waals surface area contributed by atoms with Gasteiger partial charge in [-0.15, -0.1) is 0 Å². The SMILES string of the molecule is Cc1ccc(C)c(CC(=O)Cc2ccccc2)c1. The van der Waals surface area contributed by atoms with Gasteiger partial charge in [0.05, 0.1) is 0 Å². The van der Waals surface area contributed by atoms with Crippen LogP contribution >= 0.6 is 0 Å². The summed E-state index contributed by atoms with van der Waals surface area (Å²) < 4.78 is 0. The summed E-state index contributed by atoms with van der Waals surface area (Å²) in [5.74, 6) is 0.273. The molecular weight excluding hydrogens is 220 g/mol. The largest absolute Gasteiger partial charge is 0.299 e. The number of rotatable bonds is 4. The summed E-state index contributed by atoms with van der Waals surface area (Å²) in [7, 11) is 0. The van der Waals surface area contributed by atoms with E-state index in [0.29, 0.717) is 12.8 Å². The van der Waals surface area contributed by atoms with Gasteiger partial charge in [-0.2, -0.15) is 0 Å². The molecule has 0 aliphatic carbocycles. The highest BCUT2D eigenvalue weighted by atomic mass is 16.1. The van der Waals surface area contributed by atoms with Gasteiger partial charge in [0, 0.05) is 12.8 Å². The van der Waals surface area contributed by atoms with Gasteiger partial charge in [0.2, 0.25) is 0 Å². The molecule has 0 fully saturated rings. The fourth-order valence-corrected chi connectivity index (χ4v) is 2.09. The first-order chi connectivity index (χ1) is 8.65. The molecule has 0 amide bonds. The lowest BCUT2D eigenvalue weighted by molar-refractivity contribution is -0.117. The second-order valence-corrected chi connectivity index (χ2v) is 4.81. The van der Waals surface area contributed by atoms with Gasteiger partial charge in [-0.25, -0.2) is 0 Å². The normalized spacial score (nSPS) is 10.3. The smallest absolute Gasteiger partial charge is 0.141 e. The molecule has 0 saturated heterocycles. The van der Waals surface area contributed by atoms with E-state index in [2.05, 4.69) is 32.0 Å². The Morgan fingerprint density at radius 1 is 0.944 bits per heavy atom. The molecule has 2 aromatic carbocycles. The summed E-state index contributed by atoms with van der Waals surface area (Å²) in [6, 6.07) is 16.2. The molecule has 1 nitrogen and oxygen atoms in total. The maximum Gasteiger partial charge on any atom is 0.141 e. The third-order valence-electron chi connectivity index (χ3n) is 3.14. The first kappa shape index (κ1) is 12.6. The highest BCUT2D eigenvalue weighted by Gasteiger charge is 2.07. The van der Waals surface area contributed by atoms with Crippen LogP contribution in [0.4, 0.5) is 0 Å². The minimum Gasteiger partial charge on any atom is -0.299 e. The van der Waals surface area contributed by atoms with E-state index in [0.717, 1.165) is 11.1 Å². The van der Waals surface area contributed by atoms with Gasteiger partial charge in [0.25, 0.3) is 0 Å². The number of carbonyl (C=O) groups is 1. The van der Waals surface area contributed by atoms with E-state index in [9.17, 15) is 4.79 Å². The van der Waals surface area contributed by atoms with Crippen LogP contribution in [0.15, 0.2) is 48.5 Å². The average molecular weight is 238 g/mol. The zero-order valence-electron chi connectivity index (χ0n) is 10.9. The summed E-state index contributed by atoms with van der Waals surface area (Å²) >= 11 is 0. The summed E-state index contributed by atoms with van der Waals surface area (Å²) in [6.07, 6.45) is 1.05. The van der Waals surface area contributed by atoms with E-state index in [1.165, 1.54) is 11.1 Å². The van der Waals surface area contributed by atoms with Crippen LogP contribution in [0, 0.1) is 13.8 Å². The van der Waals surface area contributed by atoms with Gasteiger partial charge in [-0.3, -0.25) is 4.79 Å². The van der Waals surface area contributed by atoms with Crippen molar-refractivity contribution < 1.29 is 4.79 Å². The molecule has 0 N–H and O–H groups in total. The quantitative estimate of drug-likeness (QED) is 0.794. The minimum atomic E-state index is 0.273. The maximum absolute atomic E-state index is 12.0. The van der Waals surface area contributed by atoms with Crippen molar-refractivity contribution in [2.45, 2.75) is 26.7 Å². The van der Waals surface area contributed by atoms with E-state index in [1.54, 1.807) is 0 Å². The van der Waals surface area contributed by atoms with Gasteiger partial charge < -0.3 is 0 Å². The monoisotopic (exact) mass is 238 g/mol.